The van der Waals surface area contributed by atoms with Gasteiger partial charge in [-0.3, -0.25) is 19.2 Å². The van der Waals surface area contributed by atoms with Crippen LogP contribution in [0.3, 0.4) is 0 Å². The quantitative estimate of drug-likeness (QED) is 0.0662. The molecule has 0 atom stereocenters. The summed E-state index contributed by atoms with van der Waals surface area (Å²) in [7, 11) is 0. The van der Waals surface area contributed by atoms with Crippen LogP contribution in [0.2, 0.25) is 0 Å². The van der Waals surface area contributed by atoms with Crippen LogP contribution in [0.5, 0.6) is 0 Å². The highest BCUT2D eigenvalue weighted by Crippen LogP contribution is 2.24. The summed E-state index contributed by atoms with van der Waals surface area (Å²) < 4.78 is 0. The van der Waals surface area contributed by atoms with Gasteiger partial charge < -0.3 is 26.2 Å². The normalized spacial score (nSPS) is 10.8. The van der Waals surface area contributed by atoms with Crippen LogP contribution in [0.4, 0.5) is 5.69 Å². The number of amides is 2. The molecule has 1 aromatic rings. The molecule has 244 valence electrons. The van der Waals surface area contributed by atoms with E-state index in [1.165, 1.54) is 64.2 Å². The maximum absolute atomic E-state index is 13.3. The molecule has 0 saturated carbocycles. The standard InChI is InChI=1S/C34H57N3O6/c1-3-5-7-9-11-13-15-17-22-36-33(42)29-25-27(35-24-21-32(40)41)26-30(28(29)19-20-31(38)39)34(43)37-23-18-16-14-12-10-8-6-4-2/h25-26,35H,3-24H2,1-2H3,(H,36,42)(H,37,43)(H,38,39)(H,40,41). The van der Waals surface area contributed by atoms with Crippen LogP contribution < -0.4 is 16.0 Å². The van der Waals surface area contributed by atoms with E-state index < -0.39 is 11.9 Å². The molecular formula is C34H57N3O6. The topological polar surface area (TPSA) is 145 Å². The SMILES string of the molecule is CCCCCCCCCCNC(=O)c1cc(NCCC(=O)O)cc(C(=O)NCCCCCCCCCC)c1CCC(=O)O. The molecule has 0 fully saturated rings. The molecule has 9 nitrogen and oxygen atoms in total. The zero-order valence-electron chi connectivity index (χ0n) is 26.7. The first-order chi connectivity index (χ1) is 20.8. The third kappa shape index (κ3) is 18.2. The molecule has 0 aliphatic rings. The average molecular weight is 604 g/mol. The first-order valence-electron chi connectivity index (χ1n) is 16.7. The number of nitrogens with one attached hydrogen (secondary N) is 3. The molecule has 0 bridgehead atoms. The van der Waals surface area contributed by atoms with Crippen molar-refractivity contribution in [2.75, 3.05) is 25.0 Å². The van der Waals surface area contributed by atoms with Crippen LogP contribution in [0.25, 0.3) is 0 Å². The van der Waals surface area contributed by atoms with E-state index >= 15 is 0 Å². The maximum Gasteiger partial charge on any atom is 0.305 e. The van der Waals surface area contributed by atoms with Gasteiger partial charge in [0.15, 0.2) is 0 Å². The summed E-state index contributed by atoms with van der Waals surface area (Å²) in [4.78, 5) is 49.2. The molecule has 0 aliphatic heterocycles. The fourth-order valence-electron chi connectivity index (χ4n) is 5.11. The molecule has 0 spiro atoms. The van der Waals surface area contributed by atoms with E-state index in [9.17, 15) is 24.3 Å². The summed E-state index contributed by atoms with van der Waals surface area (Å²) in [6.45, 7) is 5.50. The van der Waals surface area contributed by atoms with E-state index in [0.717, 1.165) is 38.5 Å². The lowest BCUT2D eigenvalue weighted by Crippen LogP contribution is -2.30. The summed E-state index contributed by atoms with van der Waals surface area (Å²) in [5.74, 6) is -2.69. The van der Waals surface area contributed by atoms with Crippen molar-refractivity contribution in [3.63, 3.8) is 0 Å². The fourth-order valence-corrected chi connectivity index (χ4v) is 5.11. The largest absolute Gasteiger partial charge is 0.481 e. The van der Waals surface area contributed by atoms with Gasteiger partial charge in [-0.2, -0.15) is 0 Å². The maximum atomic E-state index is 13.3. The van der Waals surface area contributed by atoms with Crippen molar-refractivity contribution in [1.29, 1.82) is 0 Å². The molecule has 43 heavy (non-hydrogen) atoms. The monoisotopic (exact) mass is 603 g/mol. The summed E-state index contributed by atoms with van der Waals surface area (Å²) in [5.41, 5.74) is 1.35. The van der Waals surface area contributed by atoms with Gasteiger partial charge in [-0.25, -0.2) is 0 Å². The van der Waals surface area contributed by atoms with Gasteiger partial charge in [-0.15, -0.1) is 0 Å². The molecule has 0 unspecified atom stereocenters. The molecule has 9 heteroatoms. The van der Waals surface area contributed by atoms with Crippen molar-refractivity contribution < 1.29 is 29.4 Å². The van der Waals surface area contributed by atoms with Crippen LogP contribution >= 0.6 is 0 Å². The Bertz CT molecular complexity index is 910. The minimum absolute atomic E-state index is 0.0335. The van der Waals surface area contributed by atoms with Crippen LogP contribution in [0.1, 0.15) is 156 Å². The Balaban J connectivity index is 2.93. The first kappa shape index (κ1) is 37.9. The summed E-state index contributed by atoms with van der Waals surface area (Å²) >= 11 is 0. The van der Waals surface area contributed by atoms with Crippen molar-refractivity contribution >= 4 is 29.4 Å². The predicted octanol–water partition coefficient (Wildman–Crippen LogP) is 7.33. The second kappa shape index (κ2) is 24.4. The molecule has 5 N–H and O–H groups in total. The fraction of sp³-hybridized carbons (Fsp3) is 0.706. The van der Waals surface area contributed by atoms with Crippen LogP contribution in [-0.2, 0) is 16.0 Å². The predicted molar refractivity (Wildman–Crippen MR) is 173 cm³/mol. The Hall–Kier alpha value is -3.10. The highest BCUT2D eigenvalue weighted by atomic mass is 16.4. The highest BCUT2D eigenvalue weighted by molar-refractivity contribution is 6.03. The Morgan fingerprint density at radius 3 is 1.35 bits per heavy atom. The molecule has 0 saturated heterocycles. The van der Waals surface area contributed by atoms with Gasteiger partial charge in [-0.05, 0) is 37.0 Å². The van der Waals surface area contributed by atoms with Gasteiger partial charge >= 0.3 is 11.9 Å². The van der Waals surface area contributed by atoms with E-state index in [2.05, 4.69) is 29.8 Å². The van der Waals surface area contributed by atoms with E-state index in [1.54, 1.807) is 12.1 Å². The Labute approximate surface area is 259 Å². The zero-order chi connectivity index (χ0) is 31.7. The van der Waals surface area contributed by atoms with Gasteiger partial charge in [0, 0.05) is 42.9 Å². The number of rotatable bonds is 27. The number of carbonyl (C=O) groups excluding carboxylic acids is 2. The number of benzene rings is 1. The minimum atomic E-state index is -1.01. The van der Waals surface area contributed by atoms with Crippen molar-refractivity contribution in [2.24, 2.45) is 0 Å². The van der Waals surface area contributed by atoms with Crippen molar-refractivity contribution in [3.05, 3.63) is 28.8 Å². The van der Waals surface area contributed by atoms with E-state index in [-0.39, 0.29) is 48.7 Å². The average Bonchev–Trinajstić information content (AvgIpc) is 2.97. The zero-order valence-corrected chi connectivity index (χ0v) is 26.7. The van der Waals surface area contributed by atoms with Crippen molar-refractivity contribution in [2.45, 2.75) is 136 Å². The van der Waals surface area contributed by atoms with Gasteiger partial charge in [0.1, 0.15) is 0 Å². The molecule has 2 amide bonds. The number of hydrogen-bond acceptors (Lipinski definition) is 5. The molecule has 0 heterocycles. The van der Waals surface area contributed by atoms with Crippen LogP contribution in [0, 0.1) is 0 Å². The Kier molecular flexibility index (Phi) is 21.5. The lowest BCUT2D eigenvalue weighted by molar-refractivity contribution is -0.137. The van der Waals surface area contributed by atoms with Crippen molar-refractivity contribution in [1.82, 2.24) is 10.6 Å². The van der Waals surface area contributed by atoms with Gasteiger partial charge in [0.2, 0.25) is 0 Å². The number of carbonyl (C=O) groups is 4. The first-order valence-corrected chi connectivity index (χ1v) is 16.7. The molecule has 1 rings (SSSR count). The van der Waals surface area contributed by atoms with Gasteiger partial charge in [-0.1, -0.05) is 104 Å². The summed E-state index contributed by atoms with van der Waals surface area (Å²) in [5, 5.41) is 27.3. The smallest absolute Gasteiger partial charge is 0.305 e. The summed E-state index contributed by atoms with van der Waals surface area (Å²) in [6, 6.07) is 3.19. The number of hydrogen-bond donors (Lipinski definition) is 5. The Morgan fingerprint density at radius 1 is 0.558 bits per heavy atom. The third-order valence-electron chi connectivity index (χ3n) is 7.63. The van der Waals surface area contributed by atoms with Gasteiger partial charge in [0.25, 0.3) is 11.8 Å². The lowest BCUT2D eigenvalue weighted by atomic mass is 9.94. The number of anilines is 1. The molecule has 0 aliphatic carbocycles. The van der Waals surface area contributed by atoms with E-state index in [1.807, 2.05) is 0 Å². The van der Waals surface area contributed by atoms with E-state index in [4.69, 9.17) is 5.11 Å². The van der Waals surface area contributed by atoms with Crippen LogP contribution in [0.15, 0.2) is 12.1 Å². The number of unbranched alkanes of at least 4 members (excludes halogenated alkanes) is 14. The highest BCUT2D eigenvalue weighted by Gasteiger charge is 2.22. The molecular weight excluding hydrogens is 546 g/mol. The Morgan fingerprint density at radius 2 is 0.953 bits per heavy atom. The van der Waals surface area contributed by atoms with Gasteiger partial charge in [0.05, 0.1) is 6.42 Å². The lowest BCUT2D eigenvalue weighted by Gasteiger charge is -2.18. The number of aliphatic carboxylic acids is 2. The minimum Gasteiger partial charge on any atom is -0.481 e. The second-order valence-electron chi connectivity index (χ2n) is 11.5. The molecule has 1 aromatic carbocycles. The second-order valence-corrected chi connectivity index (χ2v) is 11.5. The van der Waals surface area contributed by atoms with E-state index in [0.29, 0.717) is 24.3 Å². The molecule has 0 radical (unpaired) electrons. The number of carboxylic acid groups (broad SMARTS) is 2. The molecule has 0 aromatic heterocycles. The van der Waals surface area contributed by atoms with Crippen molar-refractivity contribution in [3.8, 4) is 0 Å². The number of carboxylic acids is 2. The summed E-state index contributed by atoms with van der Waals surface area (Å²) in [6.07, 6.45) is 18.0. The van der Waals surface area contributed by atoms with Crippen LogP contribution in [-0.4, -0.2) is 53.6 Å². The third-order valence-corrected chi connectivity index (χ3v) is 7.63.